The molecule has 2 saturated heterocycles. The number of hydrogen-bond acceptors (Lipinski definition) is 3. The van der Waals surface area contributed by atoms with Crippen LogP contribution in [0.3, 0.4) is 0 Å². The van der Waals surface area contributed by atoms with E-state index >= 15 is 0 Å². The van der Waals surface area contributed by atoms with Crippen molar-refractivity contribution >= 4 is 11.7 Å². The predicted molar refractivity (Wildman–Crippen MR) is 125 cm³/mol. The van der Waals surface area contributed by atoms with Crippen molar-refractivity contribution in [1.29, 1.82) is 0 Å². The summed E-state index contributed by atoms with van der Waals surface area (Å²) in [5.41, 5.74) is 0. The topological polar surface area (TPSA) is 40.6 Å². The van der Waals surface area contributed by atoms with Crippen LogP contribution < -0.4 is 0 Å². The maximum absolute atomic E-state index is 12.8. The van der Waals surface area contributed by atoms with Gasteiger partial charge in [0.05, 0.1) is 0 Å². The summed E-state index contributed by atoms with van der Waals surface area (Å²) in [4.78, 5) is 28.9. The van der Waals surface area contributed by atoms with Crippen molar-refractivity contribution in [1.82, 2.24) is 9.80 Å². The Balaban J connectivity index is 0. The van der Waals surface area contributed by atoms with Gasteiger partial charge in [-0.05, 0) is 64.5 Å². The second-order valence-electron chi connectivity index (χ2n) is 8.09. The average Bonchev–Trinajstić information content (AvgIpc) is 2.77. The van der Waals surface area contributed by atoms with Crippen LogP contribution in [-0.2, 0) is 42.3 Å². The molecule has 0 bridgehead atoms. The summed E-state index contributed by atoms with van der Waals surface area (Å²) in [7, 11) is 0. The zero-order valence-electron chi connectivity index (χ0n) is 20.8. The number of nitrogens with zero attached hydrogens (tertiary/aromatic N) is 2. The van der Waals surface area contributed by atoms with Gasteiger partial charge in [0.15, 0.2) is 0 Å². The molecule has 0 aromatic rings. The zero-order chi connectivity index (χ0) is 20.9. The third-order valence-electron chi connectivity index (χ3n) is 6.39. The molecule has 3 aliphatic rings. The summed E-state index contributed by atoms with van der Waals surface area (Å²) in [5.74, 6) is 1.82. The molecule has 1 radical (unpaired) electrons. The van der Waals surface area contributed by atoms with Gasteiger partial charge in [-0.3, -0.25) is 9.59 Å². The molecule has 3 rings (SSSR count). The van der Waals surface area contributed by atoms with Crippen molar-refractivity contribution in [3.8, 4) is 0 Å². The van der Waals surface area contributed by atoms with Crippen molar-refractivity contribution in [2.75, 3.05) is 32.7 Å². The summed E-state index contributed by atoms with van der Waals surface area (Å²) in [6.45, 7) is 15.2. The second-order valence-corrected chi connectivity index (χ2v) is 8.09. The van der Waals surface area contributed by atoms with Crippen LogP contribution in [0.25, 0.3) is 0 Å². The van der Waals surface area contributed by atoms with Gasteiger partial charge < -0.3 is 23.6 Å². The van der Waals surface area contributed by atoms with Gasteiger partial charge in [0.2, 0.25) is 5.91 Å². The van der Waals surface area contributed by atoms with Gasteiger partial charge in [0.25, 0.3) is 0 Å². The Bertz CT molecular complexity index is 436. The first kappa shape index (κ1) is 32.4. The molecule has 0 aromatic carbocycles. The van der Waals surface area contributed by atoms with E-state index in [-0.39, 0.29) is 52.0 Å². The minimum atomic E-state index is 0. The molecule has 3 fully saturated rings. The van der Waals surface area contributed by atoms with Crippen molar-refractivity contribution in [2.24, 2.45) is 17.8 Å². The Morgan fingerprint density at radius 3 is 1.73 bits per heavy atom. The maximum atomic E-state index is 12.8. The van der Waals surface area contributed by atoms with Crippen LogP contribution in [0.2, 0.25) is 0 Å². The Morgan fingerprint density at radius 1 is 0.800 bits per heavy atom. The first-order valence-corrected chi connectivity index (χ1v) is 12.0. The summed E-state index contributed by atoms with van der Waals surface area (Å²) >= 11 is 0. The Hall–Kier alpha value is 0.204. The molecule has 30 heavy (non-hydrogen) atoms. The molecule has 1 saturated carbocycles. The SMILES string of the molecule is CC.CC.CC(=O)C1CCC(C(=O)N2CCC(CN3CC[CH-]CC3)CC2)CC1.[CH3-].[Y]. The molecule has 2 heterocycles. The van der Waals surface area contributed by atoms with E-state index in [1.54, 1.807) is 6.92 Å². The minimum Gasteiger partial charge on any atom is -0.358 e. The van der Waals surface area contributed by atoms with Crippen LogP contribution in [-0.4, -0.2) is 54.2 Å². The molecule has 0 aromatic heterocycles. The van der Waals surface area contributed by atoms with E-state index in [0.29, 0.717) is 11.7 Å². The fourth-order valence-corrected chi connectivity index (χ4v) is 4.69. The molecule has 175 valence electrons. The second kappa shape index (κ2) is 18.7. The fraction of sp³-hybridized carbons (Fsp3) is 0.840. The summed E-state index contributed by atoms with van der Waals surface area (Å²) in [5, 5.41) is 0. The van der Waals surface area contributed by atoms with Crippen LogP contribution in [0.15, 0.2) is 0 Å². The molecule has 2 aliphatic heterocycles. The molecule has 0 spiro atoms. The first-order chi connectivity index (χ1) is 13.6. The van der Waals surface area contributed by atoms with Gasteiger partial charge in [-0.1, -0.05) is 27.7 Å². The quantitative estimate of drug-likeness (QED) is 0.487. The van der Waals surface area contributed by atoms with E-state index in [2.05, 4.69) is 16.2 Å². The average molecular weight is 498 g/mol. The van der Waals surface area contributed by atoms with Gasteiger partial charge in [0.1, 0.15) is 5.78 Å². The van der Waals surface area contributed by atoms with Crippen molar-refractivity contribution in [3.63, 3.8) is 0 Å². The monoisotopic (exact) mass is 497 g/mol. The van der Waals surface area contributed by atoms with Crippen LogP contribution in [0.5, 0.6) is 0 Å². The number of amides is 1. The molecule has 0 N–H and O–H groups in total. The van der Waals surface area contributed by atoms with E-state index in [4.69, 9.17) is 0 Å². The van der Waals surface area contributed by atoms with Crippen molar-refractivity contribution in [3.05, 3.63) is 13.8 Å². The first-order valence-electron chi connectivity index (χ1n) is 12.0. The summed E-state index contributed by atoms with van der Waals surface area (Å²) in [6, 6.07) is 0. The molecular formula is C25H48N2O2Y-2. The maximum Gasteiger partial charge on any atom is 0.225 e. The van der Waals surface area contributed by atoms with E-state index < -0.39 is 0 Å². The van der Waals surface area contributed by atoms with Crippen LogP contribution >= 0.6 is 0 Å². The molecule has 0 unspecified atom stereocenters. The normalized spacial score (nSPS) is 24.6. The minimum absolute atomic E-state index is 0. The molecule has 5 heteroatoms. The van der Waals surface area contributed by atoms with Crippen molar-refractivity contribution in [2.45, 2.75) is 86.0 Å². The van der Waals surface area contributed by atoms with Gasteiger partial charge >= 0.3 is 0 Å². The molecular weight excluding hydrogens is 449 g/mol. The van der Waals surface area contributed by atoms with Gasteiger partial charge in [-0.2, -0.15) is 12.8 Å². The number of ketones is 1. The zero-order valence-corrected chi connectivity index (χ0v) is 23.6. The van der Waals surface area contributed by atoms with Gasteiger partial charge in [-0.15, -0.1) is 0 Å². The van der Waals surface area contributed by atoms with Gasteiger partial charge in [0, 0.05) is 64.2 Å². The third kappa shape index (κ3) is 10.7. The molecule has 1 amide bonds. The predicted octanol–water partition coefficient (Wildman–Crippen LogP) is 5.42. The van der Waals surface area contributed by atoms with Crippen molar-refractivity contribution < 1.29 is 42.3 Å². The van der Waals surface area contributed by atoms with Crippen LogP contribution in [0, 0.1) is 31.6 Å². The molecule has 0 atom stereocenters. The summed E-state index contributed by atoms with van der Waals surface area (Å²) < 4.78 is 0. The Morgan fingerprint density at radius 2 is 1.27 bits per heavy atom. The van der Waals surface area contributed by atoms with Crippen LogP contribution in [0.1, 0.15) is 86.0 Å². The van der Waals surface area contributed by atoms with E-state index in [9.17, 15) is 9.59 Å². The van der Waals surface area contributed by atoms with Gasteiger partial charge in [-0.25, -0.2) is 0 Å². The molecule has 4 nitrogen and oxygen atoms in total. The number of carbonyl (C=O) groups is 2. The third-order valence-corrected chi connectivity index (χ3v) is 6.39. The largest absolute Gasteiger partial charge is 0.358 e. The molecule has 1 aliphatic carbocycles. The Labute approximate surface area is 213 Å². The number of carbonyl (C=O) groups excluding carboxylic acids is 2. The summed E-state index contributed by atoms with van der Waals surface area (Å²) in [6.07, 6.45) is 10.8. The number of piperidine rings is 2. The fourth-order valence-electron chi connectivity index (χ4n) is 4.69. The number of hydrogen-bond donors (Lipinski definition) is 0. The van der Waals surface area contributed by atoms with E-state index in [1.807, 2.05) is 27.7 Å². The van der Waals surface area contributed by atoms with E-state index in [0.717, 1.165) is 57.5 Å². The standard InChI is InChI=1S/C20H33N2O2.2C2H6.CH3.Y/c1-16(23)18-5-7-19(8-6-18)20(24)22-13-9-17(10-14-22)15-21-11-3-2-4-12-21;2*1-2;;/h2,17-19H,3-15H2,1H3;2*1-2H3;1H3;/q-1;;;-1;. The number of Topliss-reactive ketones (excluding diaryl/α,β-unsaturated/α-hetero) is 1. The van der Waals surface area contributed by atoms with Crippen LogP contribution in [0.4, 0.5) is 0 Å². The Kier molecular flexibility index (Phi) is 20.2. The number of likely N-dealkylation sites (tertiary alicyclic amines) is 2. The van der Waals surface area contributed by atoms with E-state index in [1.165, 1.54) is 32.5 Å². The number of rotatable bonds is 4. The smallest absolute Gasteiger partial charge is 0.225 e.